The summed E-state index contributed by atoms with van der Waals surface area (Å²) in [6.07, 6.45) is 0.587. The Bertz CT molecular complexity index is 944. The van der Waals surface area contributed by atoms with Gasteiger partial charge in [0.25, 0.3) is 11.6 Å². The zero-order chi connectivity index (χ0) is 19.2. The second kappa shape index (κ2) is 8.56. The molecule has 0 spiro atoms. The number of halogens is 1. The molecule has 0 aliphatic heterocycles. The Morgan fingerprint density at radius 3 is 2.52 bits per heavy atom. The fourth-order valence-corrected chi connectivity index (χ4v) is 3.04. The molecule has 0 bridgehead atoms. The van der Waals surface area contributed by atoms with Crippen LogP contribution < -0.4 is 10.1 Å². The summed E-state index contributed by atoms with van der Waals surface area (Å²) >= 11 is 7.13. The molecule has 10 heteroatoms. The van der Waals surface area contributed by atoms with Crippen LogP contribution in [-0.4, -0.2) is 27.6 Å². The Morgan fingerprint density at radius 2 is 1.85 bits per heavy atom. The summed E-state index contributed by atoms with van der Waals surface area (Å²) in [5.41, 5.74) is 0.990. The highest BCUT2D eigenvalue weighted by Crippen LogP contribution is 2.20. The number of hydrogen-bond acceptors (Lipinski definition) is 7. The minimum absolute atomic E-state index is 0.0473. The fraction of sp³-hybridized carbons (Fsp3) is 0.118. The van der Waals surface area contributed by atoms with Gasteiger partial charge in [0.05, 0.1) is 4.92 Å². The largest absolute Gasteiger partial charge is 0.484 e. The summed E-state index contributed by atoms with van der Waals surface area (Å²) in [6.45, 7) is -0.246. The molecule has 3 aromatic rings. The molecule has 0 saturated heterocycles. The molecule has 3 rings (SSSR count). The Labute approximate surface area is 162 Å². The van der Waals surface area contributed by atoms with Crippen LogP contribution >= 0.6 is 22.9 Å². The van der Waals surface area contributed by atoms with Crippen LogP contribution in [0.3, 0.4) is 0 Å². The van der Waals surface area contributed by atoms with Gasteiger partial charge in [-0.1, -0.05) is 35.1 Å². The van der Waals surface area contributed by atoms with Crippen LogP contribution in [0.25, 0.3) is 0 Å². The summed E-state index contributed by atoms with van der Waals surface area (Å²) in [7, 11) is 0. The van der Waals surface area contributed by atoms with E-state index in [1.54, 1.807) is 12.1 Å². The fourth-order valence-electron chi connectivity index (χ4n) is 2.12. The topological polar surface area (TPSA) is 107 Å². The molecular formula is C17H13ClN4O4S. The van der Waals surface area contributed by atoms with Crippen LogP contribution in [0.5, 0.6) is 5.75 Å². The van der Waals surface area contributed by atoms with Crippen LogP contribution in [-0.2, 0) is 11.2 Å². The number of aromatic nitrogens is 2. The molecule has 1 amide bonds. The van der Waals surface area contributed by atoms with Gasteiger partial charge in [-0.15, -0.1) is 10.2 Å². The van der Waals surface area contributed by atoms with Gasteiger partial charge in [0.15, 0.2) is 6.61 Å². The molecule has 27 heavy (non-hydrogen) atoms. The van der Waals surface area contributed by atoms with Crippen molar-refractivity contribution in [1.82, 2.24) is 10.2 Å². The van der Waals surface area contributed by atoms with Crippen molar-refractivity contribution in [2.24, 2.45) is 0 Å². The first-order valence-electron chi connectivity index (χ1n) is 7.73. The Morgan fingerprint density at radius 1 is 1.15 bits per heavy atom. The van der Waals surface area contributed by atoms with Crippen molar-refractivity contribution in [3.8, 4) is 5.75 Å². The third-order valence-corrected chi connectivity index (χ3v) is 4.49. The molecule has 0 aliphatic carbocycles. The number of benzene rings is 2. The van der Waals surface area contributed by atoms with E-state index < -0.39 is 10.8 Å². The molecule has 0 saturated carbocycles. The van der Waals surface area contributed by atoms with Crippen molar-refractivity contribution in [3.05, 3.63) is 74.2 Å². The van der Waals surface area contributed by atoms with Crippen molar-refractivity contribution < 1.29 is 14.5 Å². The maximum Gasteiger partial charge on any atom is 0.269 e. The number of nitro groups is 1. The van der Waals surface area contributed by atoms with Gasteiger partial charge in [0.2, 0.25) is 5.13 Å². The highest BCUT2D eigenvalue weighted by molar-refractivity contribution is 7.15. The average Bonchev–Trinajstić information content (AvgIpc) is 3.09. The zero-order valence-electron chi connectivity index (χ0n) is 13.8. The highest BCUT2D eigenvalue weighted by atomic mass is 35.5. The number of ether oxygens (including phenoxy) is 1. The predicted octanol–water partition coefficient (Wildman–Crippen LogP) is 3.71. The van der Waals surface area contributed by atoms with E-state index in [4.69, 9.17) is 16.3 Å². The monoisotopic (exact) mass is 404 g/mol. The number of anilines is 1. The lowest BCUT2D eigenvalue weighted by atomic mass is 10.2. The Kier molecular flexibility index (Phi) is 5.94. The molecule has 1 aromatic heterocycles. The first-order chi connectivity index (χ1) is 13.0. The minimum atomic E-state index is -0.506. The van der Waals surface area contributed by atoms with Crippen LogP contribution in [0.1, 0.15) is 10.6 Å². The van der Waals surface area contributed by atoms with Gasteiger partial charge in [0, 0.05) is 23.6 Å². The molecular weight excluding hydrogens is 392 g/mol. The lowest BCUT2D eigenvalue weighted by Gasteiger charge is -2.05. The second-order valence-electron chi connectivity index (χ2n) is 5.39. The molecule has 0 atom stereocenters. The first-order valence-corrected chi connectivity index (χ1v) is 8.93. The molecule has 0 unspecified atom stereocenters. The van der Waals surface area contributed by atoms with Crippen LogP contribution in [0.4, 0.5) is 10.8 Å². The van der Waals surface area contributed by atoms with E-state index in [2.05, 4.69) is 15.5 Å². The number of carbonyl (C=O) groups is 1. The first kappa shape index (κ1) is 18.7. The summed E-state index contributed by atoms with van der Waals surface area (Å²) in [5.74, 6) is -0.0426. The maximum absolute atomic E-state index is 11.9. The van der Waals surface area contributed by atoms with Gasteiger partial charge in [-0.3, -0.25) is 20.2 Å². The Balaban J connectivity index is 1.50. The van der Waals surface area contributed by atoms with E-state index in [0.29, 0.717) is 22.3 Å². The van der Waals surface area contributed by atoms with Gasteiger partial charge in [-0.05, 0) is 29.8 Å². The van der Waals surface area contributed by atoms with Gasteiger partial charge >= 0.3 is 0 Å². The van der Waals surface area contributed by atoms with E-state index in [1.165, 1.54) is 35.6 Å². The number of hydrogen-bond donors (Lipinski definition) is 1. The summed E-state index contributed by atoms with van der Waals surface area (Å²) < 4.78 is 5.30. The number of rotatable bonds is 7. The number of carbonyl (C=O) groups excluding carboxylic acids is 1. The SMILES string of the molecule is O=C(COc1ccc([N+](=O)[O-])cc1)Nc1nnc(Cc2ccc(Cl)cc2)s1. The Hall–Kier alpha value is -3.04. The van der Waals surface area contributed by atoms with Crippen molar-refractivity contribution in [2.45, 2.75) is 6.42 Å². The van der Waals surface area contributed by atoms with E-state index in [1.807, 2.05) is 12.1 Å². The summed E-state index contributed by atoms with van der Waals surface area (Å²) in [6, 6.07) is 12.9. The third-order valence-electron chi connectivity index (χ3n) is 3.40. The van der Waals surface area contributed by atoms with E-state index in [9.17, 15) is 14.9 Å². The maximum atomic E-state index is 11.9. The van der Waals surface area contributed by atoms with Crippen molar-refractivity contribution in [3.63, 3.8) is 0 Å². The molecule has 138 valence electrons. The van der Waals surface area contributed by atoms with Gasteiger partial charge < -0.3 is 4.74 Å². The molecule has 0 radical (unpaired) electrons. The van der Waals surface area contributed by atoms with Crippen molar-refractivity contribution >= 4 is 39.7 Å². The predicted molar refractivity (Wildman–Crippen MR) is 101 cm³/mol. The number of amides is 1. The number of nitrogens with zero attached hydrogens (tertiary/aromatic N) is 3. The zero-order valence-corrected chi connectivity index (χ0v) is 15.4. The van der Waals surface area contributed by atoms with Crippen molar-refractivity contribution in [1.29, 1.82) is 0 Å². The second-order valence-corrected chi connectivity index (χ2v) is 6.89. The lowest BCUT2D eigenvalue weighted by molar-refractivity contribution is -0.384. The quantitative estimate of drug-likeness (QED) is 0.475. The van der Waals surface area contributed by atoms with Crippen molar-refractivity contribution in [2.75, 3.05) is 11.9 Å². The highest BCUT2D eigenvalue weighted by Gasteiger charge is 2.10. The molecule has 1 heterocycles. The molecule has 8 nitrogen and oxygen atoms in total. The molecule has 0 fully saturated rings. The normalized spacial score (nSPS) is 10.4. The third kappa shape index (κ3) is 5.47. The van der Waals surface area contributed by atoms with Gasteiger partial charge in [0.1, 0.15) is 10.8 Å². The van der Waals surface area contributed by atoms with Crippen LogP contribution in [0.15, 0.2) is 48.5 Å². The van der Waals surface area contributed by atoms with E-state index in [0.717, 1.165) is 10.6 Å². The number of non-ortho nitro benzene ring substituents is 1. The van der Waals surface area contributed by atoms with E-state index >= 15 is 0 Å². The summed E-state index contributed by atoms with van der Waals surface area (Å²) in [4.78, 5) is 22.0. The lowest BCUT2D eigenvalue weighted by Crippen LogP contribution is -2.20. The summed E-state index contributed by atoms with van der Waals surface area (Å²) in [5, 5.41) is 23.0. The van der Waals surface area contributed by atoms with Gasteiger partial charge in [-0.2, -0.15) is 0 Å². The molecule has 2 aromatic carbocycles. The average molecular weight is 405 g/mol. The van der Waals surface area contributed by atoms with Crippen LogP contribution in [0, 0.1) is 10.1 Å². The molecule has 0 aliphatic rings. The smallest absolute Gasteiger partial charge is 0.269 e. The van der Waals surface area contributed by atoms with Gasteiger partial charge in [-0.25, -0.2) is 0 Å². The number of nitrogens with one attached hydrogen (secondary N) is 1. The van der Waals surface area contributed by atoms with Crippen LogP contribution in [0.2, 0.25) is 5.02 Å². The molecule has 1 N–H and O–H groups in total. The standard InChI is InChI=1S/C17H13ClN4O4S/c18-12-3-1-11(2-4-12)9-16-20-21-17(27-16)19-15(23)10-26-14-7-5-13(6-8-14)22(24)25/h1-8H,9-10H2,(H,19,21,23). The minimum Gasteiger partial charge on any atom is -0.484 e. The van der Waals surface area contributed by atoms with E-state index in [-0.39, 0.29) is 12.3 Å². The number of nitro benzene ring substituents is 1.